The van der Waals surface area contributed by atoms with Crippen LogP contribution in [0.1, 0.15) is 30.1 Å². The minimum absolute atomic E-state index is 0.174. The van der Waals surface area contributed by atoms with E-state index in [1.807, 2.05) is 19.1 Å². The molecule has 4 heteroatoms. The zero-order chi connectivity index (χ0) is 13.1. The maximum atomic E-state index is 13.7. The van der Waals surface area contributed by atoms with Crippen molar-refractivity contribution in [1.82, 2.24) is 4.98 Å². The van der Waals surface area contributed by atoms with Crippen LogP contribution in [0.25, 0.3) is 0 Å². The molecule has 0 fully saturated rings. The highest BCUT2D eigenvalue weighted by molar-refractivity contribution is 5.26. The standard InChI is InChI=1S/C14H14F2N2/c1-9(12-7-2-3-8-18-12)14(17)10-5-4-6-11(15)13(10)16/h2-9,14H,17H2,1H3. The average molecular weight is 248 g/mol. The van der Waals surface area contributed by atoms with Crippen LogP contribution < -0.4 is 5.73 Å². The van der Waals surface area contributed by atoms with Crippen LogP contribution in [-0.2, 0) is 0 Å². The molecule has 0 saturated heterocycles. The lowest BCUT2D eigenvalue weighted by atomic mass is 9.92. The highest BCUT2D eigenvalue weighted by atomic mass is 19.2. The van der Waals surface area contributed by atoms with Gasteiger partial charge in [-0.05, 0) is 18.2 Å². The predicted molar refractivity (Wildman–Crippen MR) is 65.9 cm³/mol. The Hall–Kier alpha value is -1.81. The van der Waals surface area contributed by atoms with Gasteiger partial charge in [-0.2, -0.15) is 0 Å². The normalized spacial score (nSPS) is 14.2. The Kier molecular flexibility index (Phi) is 3.67. The molecule has 0 saturated carbocycles. The molecule has 0 radical (unpaired) electrons. The number of halogens is 2. The van der Waals surface area contributed by atoms with E-state index in [2.05, 4.69) is 4.98 Å². The minimum atomic E-state index is -0.882. The maximum Gasteiger partial charge on any atom is 0.163 e. The summed E-state index contributed by atoms with van der Waals surface area (Å²) in [6, 6.07) is 8.87. The molecule has 0 aliphatic heterocycles. The molecule has 0 aliphatic carbocycles. The fourth-order valence-electron chi connectivity index (χ4n) is 1.88. The molecule has 2 atom stereocenters. The molecule has 1 aromatic carbocycles. The summed E-state index contributed by atoms with van der Waals surface area (Å²) < 4.78 is 26.8. The third-order valence-electron chi connectivity index (χ3n) is 3.03. The van der Waals surface area contributed by atoms with Crippen molar-refractivity contribution in [2.75, 3.05) is 0 Å². The van der Waals surface area contributed by atoms with Crippen LogP contribution in [0.2, 0.25) is 0 Å². The Morgan fingerprint density at radius 2 is 1.89 bits per heavy atom. The first-order valence-corrected chi connectivity index (χ1v) is 5.71. The van der Waals surface area contributed by atoms with Gasteiger partial charge in [-0.15, -0.1) is 0 Å². The van der Waals surface area contributed by atoms with E-state index in [1.165, 1.54) is 12.1 Å². The number of nitrogens with zero attached hydrogens (tertiary/aromatic N) is 1. The van der Waals surface area contributed by atoms with Crippen molar-refractivity contribution in [3.8, 4) is 0 Å². The molecule has 2 rings (SSSR count). The molecular formula is C14H14F2N2. The Labute approximate surface area is 104 Å². The molecule has 0 spiro atoms. The lowest BCUT2D eigenvalue weighted by Gasteiger charge is -2.20. The minimum Gasteiger partial charge on any atom is -0.323 e. The molecule has 2 nitrogen and oxygen atoms in total. The van der Waals surface area contributed by atoms with Crippen molar-refractivity contribution in [1.29, 1.82) is 0 Å². The van der Waals surface area contributed by atoms with Crippen molar-refractivity contribution in [2.45, 2.75) is 18.9 Å². The van der Waals surface area contributed by atoms with Crippen LogP contribution in [0.3, 0.4) is 0 Å². The van der Waals surface area contributed by atoms with Crippen LogP contribution in [0.5, 0.6) is 0 Å². The van der Waals surface area contributed by atoms with Crippen LogP contribution in [-0.4, -0.2) is 4.98 Å². The second kappa shape index (κ2) is 5.23. The summed E-state index contributed by atoms with van der Waals surface area (Å²) in [5.74, 6) is -1.95. The highest BCUT2D eigenvalue weighted by Crippen LogP contribution is 2.29. The van der Waals surface area contributed by atoms with E-state index in [1.54, 1.807) is 12.3 Å². The van der Waals surface area contributed by atoms with E-state index in [9.17, 15) is 8.78 Å². The summed E-state index contributed by atoms with van der Waals surface area (Å²) in [4.78, 5) is 4.18. The average Bonchev–Trinajstić information content (AvgIpc) is 2.41. The van der Waals surface area contributed by atoms with Gasteiger partial charge in [-0.1, -0.05) is 25.1 Å². The predicted octanol–water partition coefficient (Wildman–Crippen LogP) is 3.16. The lowest BCUT2D eigenvalue weighted by Crippen LogP contribution is -2.20. The summed E-state index contributed by atoms with van der Waals surface area (Å²) in [6.07, 6.45) is 1.65. The summed E-state index contributed by atoms with van der Waals surface area (Å²) >= 11 is 0. The van der Waals surface area contributed by atoms with E-state index >= 15 is 0 Å². The second-order valence-electron chi connectivity index (χ2n) is 4.21. The first-order chi connectivity index (χ1) is 8.61. The number of hydrogen-bond donors (Lipinski definition) is 1. The summed E-state index contributed by atoms with van der Waals surface area (Å²) in [7, 11) is 0. The molecule has 2 aromatic rings. The number of aromatic nitrogens is 1. The zero-order valence-corrected chi connectivity index (χ0v) is 9.98. The van der Waals surface area contributed by atoms with Crippen LogP contribution in [0, 0.1) is 11.6 Å². The van der Waals surface area contributed by atoms with E-state index in [0.29, 0.717) is 0 Å². The Balaban J connectivity index is 2.31. The summed E-state index contributed by atoms with van der Waals surface area (Å²) in [5.41, 5.74) is 6.93. The fourth-order valence-corrected chi connectivity index (χ4v) is 1.88. The van der Waals surface area contributed by atoms with Crippen LogP contribution >= 0.6 is 0 Å². The molecule has 0 amide bonds. The van der Waals surface area contributed by atoms with Crippen molar-refractivity contribution in [2.24, 2.45) is 5.73 Å². The summed E-state index contributed by atoms with van der Waals surface area (Å²) in [6.45, 7) is 1.84. The Morgan fingerprint density at radius 3 is 2.56 bits per heavy atom. The molecule has 1 heterocycles. The third kappa shape index (κ3) is 2.38. The van der Waals surface area contributed by atoms with Gasteiger partial charge in [0.1, 0.15) is 0 Å². The van der Waals surface area contributed by atoms with Crippen molar-refractivity contribution < 1.29 is 8.78 Å². The van der Waals surface area contributed by atoms with Gasteiger partial charge in [0, 0.05) is 29.4 Å². The first-order valence-electron chi connectivity index (χ1n) is 5.71. The van der Waals surface area contributed by atoms with Gasteiger partial charge in [-0.3, -0.25) is 4.98 Å². The van der Waals surface area contributed by atoms with Crippen LogP contribution in [0.4, 0.5) is 8.78 Å². The quantitative estimate of drug-likeness (QED) is 0.906. The monoisotopic (exact) mass is 248 g/mol. The molecule has 1 aromatic heterocycles. The van der Waals surface area contributed by atoms with Gasteiger partial charge >= 0.3 is 0 Å². The Bertz CT molecular complexity index is 529. The van der Waals surface area contributed by atoms with E-state index < -0.39 is 17.7 Å². The van der Waals surface area contributed by atoms with Gasteiger partial charge in [0.15, 0.2) is 11.6 Å². The van der Waals surface area contributed by atoms with Gasteiger partial charge in [0.25, 0.3) is 0 Å². The zero-order valence-electron chi connectivity index (χ0n) is 9.98. The van der Waals surface area contributed by atoms with Gasteiger partial charge < -0.3 is 5.73 Å². The third-order valence-corrected chi connectivity index (χ3v) is 3.03. The van der Waals surface area contributed by atoms with Crippen molar-refractivity contribution in [3.05, 3.63) is 65.5 Å². The highest BCUT2D eigenvalue weighted by Gasteiger charge is 2.22. The maximum absolute atomic E-state index is 13.7. The first kappa shape index (κ1) is 12.6. The molecule has 2 unspecified atom stereocenters. The van der Waals surface area contributed by atoms with Gasteiger partial charge in [0.05, 0.1) is 0 Å². The SMILES string of the molecule is CC(c1ccccn1)C(N)c1cccc(F)c1F. The largest absolute Gasteiger partial charge is 0.323 e. The molecule has 0 bridgehead atoms. The van der Waals surface area contributed by atoms with E-state index in [-0.39, 0.29) is 11.5 Å². The van der Waals surface area contributed by atoms with Gasteiger partial charge in [-0.25, -0.2) is 8.78 Å². The molecule has 2 N–H and O–H groups in total. The van der Waals surface area contributed by atoms with Gasteiger partial charge in [0.2, 0.25) is 0 Å². The van der Waals surface area contributed by atoms with E-state index in [4.69, 9.17) is 5.73 Å². The molecule has 18 heavy (non-hydrogen) atoms. The summed E-state index contributed by atoms with van der Waals surface area (Å²) in [5, 5.41) is 0. The number of pyridine rings is 1. The topological polar surface area (TPSA) is 38.9 Å². The van der Waals surface area contributed by atoms with Crippen molar-refractivity contribution in [3.63, 3.8) is 0 Å². The Morgan fingerprint density at radius 1 is 1.11 bits per heavy atom. The lowest BCUT2D eigenvalue weighted by molar-refractivity contribution is 0.474. The molecule has 94 valence electrons. The number of benzene rings is 1. The van der Waals surface area contributed by atoms with E-state index in [0.717, 1.165) is 11.8 Å². The number of rotatable bonds is 3. The molecular weight excluding hydrogens is 234 g/mol. The van der Waals surface area contributed by atoms with Crippen LogP contribution in [0.15, 0.2) is 42.6 Å². The number of nitrogens with two attached hydrogens (primary N) is 1. The number of hydrogen-bond acceptors (Lipinski definition) is 2. The van der Waals surface area contributed by atoms with Crippen molar-refractivity contribution >= 4 is 0 Å². The fraction of sp³-hybridized carbons (Fsp3) is 0.214. The molecule has 0 aliphatic rings. The smallest absolute Gasteiger partial charge is 0.163 e. The second-order valence-corrected chi connectivity index (χ2v) is 4.21.